The molecule has 3 saturated carbocycles. The van der Waals surface area contributed by atoms with Crippen LogP contribution in [-0.4, -0.2) is 11.1 Å². The lowest BCUT2D eigenvalue weighted by atomic mass is 9.60. The molecule has 0 amide bonds. The van der Waals surface area contributed by atoms with Crippen LogP contribution in [0.4, 0.5) is 0 Å². The molecule has 3 aliphatic carbocycles. The van der Waals surface area contributed by atoms with Crippen molar-refractivity contribution in [1.82, 2.24) is 0 Å². The van der Waals surface area contributed by atoms with Crippen molar-refractivity contribution in [2.75, 3.05) is 0 Å². The van der Waals surface area contributed by atoms with E-state index in [9.17, 15) is 4.79 Å². The molecular formula is C20H34O2. The Kier molecular flexibility index (Phi) is 5.46. The van der Waals surface area contributed by atoms with E-state index in [0.717, 1.165) is 42.4 Å². The highest BCUT2D eigenvalue weighted by molar-refractivity contribution is 5.69. The van der Waals surface area contributed by atoms with Crippen LogP contribution in [0.5, 0.6) is 0 Å². The molecule has 22 heavy (non-hydrogen) atoms. The van der Waals surface area contributed by atoms with E-state index in [4.69, 9.17) is 5.11 Å². The van der Waals surface area contributed by atoms with Crippen molar-refractivity contribution in [2.45, 2.75) is 84.0 Å². The summed E-state index contributed by atoms with van der Waals surface area (Å²) >= 11 is 0. The van der Waals surface area contributed by atoms with E-state index in [1.54, 1.807) is 0 Å². The predicted octanol–water partition coefficient (Wildman–Crippen LogP) is 5.51. The Balaban J connectivity index is 1.48. The predicted molar refractivity (Wildman–Crippen MR) is 89.7 cm³/mol. The van der Waals surface area contributed by atoms with Crippen molar-refractivity contribution in [3.8, 4) is 0 Å². The van der Waals surface area contributed by atoms with Gasteiger partial charge in [0.15, 0.2) is 0 Å². The number of carbonyl (C=O) groups is 1. The molecule has 0 spiro atoms. The molecule has 3 rings (SSSR count). The SMILES string of the molecule is CCCC1CC[C@@H]2CC([C@H]3CC[C@H](C(=O)O)CC3)CC[C@H]2C1. The van der Waals surface area contributed by atoms with E-state index in [1.165, 1.54) is 64.2 Å². The number of hydrogen-bond acceptors (Lipinski definition) is 1. The third-order valence-corrected chi connectivity index (χ3v) is 7.25. The lowest BCUT2D eigenvalue weighted by Gasteiger charge is -2.45. The van der Waals surface area contributed by atoms with Crippen LogP contribution in [0.25, 0.3) is 0 Å². The van der Waals surface area contributed by atoms with Gasteiger partial charge < -0.3 is 5.11 Å². The molecule has 2 unspecified atom stereocenters. The third kappa shape index (κ3) is 3.68. The molecule has 0 aliphatic heterocycles. The zero-order chi connectivity index (χ0) is 15.5. The van der Waals surface area contributed by atoms with Crippen molar-refractivity contribution in [1.29, 1.82) is 0 Å². The van der Waals surface area contributed by atoms with Crippen LogP contribution < -0.4 is 0 Å². The molecule has 0 radical (unpaired) electrons. The topological polar surface area (TPSA) is 37.3 Å². The van der Waals surface area contributed by atoms with Crippen LogP contribution >= 0.6 is 0 Å². The van der Waals surface area contributed by atoms with Gasteiger partial charge in [0.05, 0.1) is 5.92 Å². The molecule has 0 saturated heterocycles. The number of carboxylic acids is 1. The number of rotatable bonds is 4. The summed E-state index contributed by atoms with van der Waals surface area (Å²) in [5.74, 6) is 4.20. The second-order valence-corrected chi connectivity index (χ2v) is 8.51. The molecule has 0 aromatic heterocycles. The molecule has 3 fully saturated rings. The summed E-state index contributed by atoms with van der Waals surface area (Å²) in [7, 11) is 0. The minimum atomic E-state index is -0.559. The number of hydrogen-bond donors (Lipinski definition) is 1. The third-order valence-electron chi connectivity index (χ3n) is 7.25. The monoisotopic (exact) mass is 306 g/mol. The van der Waals surface area contributed by atoms with E-state index in [0.29, 0.717) is 0 Å². The molecule has 4 atom stereocenters. The largest absolute Gasteiger partial charge is 0.481 e. The van der Waals surface area contributed by atoms with Crippen LogP contribution in [0.1, 0.15) is 84.0 Å². The Morgan fingerprint density at radius 2 is 1.36 bits per heavy atom. The smallest absolute Gasteiger partial charge is 0.306 e. The van der Waals surface area contributed by atoms with Gasteiger partial charge in [0.1, 0.15) is 0 Å². The van der Waals surface area contributed by atoms with Crippen LogP contribution in [0.2, 0.25) is 0 Å². The Bertz CT molecular complexity index is 370. The molecule has 0 heterocycles. The standard InChI is InChI=1S/C20H34O2/c1-2-3-14-4-5-19-13-18(11-10-17(19)12-14)15-6-8-16(9-7-15)20(21)22/h14-19H,2-13H2,1H3,(H,21,22)/t14?,15-,16-,17-,18?,19+/m0/s1. The molecule has 126 valence electrons. The average molecular weight is 306 g/mol. The summed E-state index contributed by atoms with van der Waals surface area (Å²) in [6.07, 6.45) is 15.9. The lowest BCUT2D eigenvalue weighted by Crippen LogP contribution is -2.35. The molecular weight excluding hydrogens is 272 g/mol. The first-order valence-corrected chi connectivity index (χ1v) is 9.90. The van der Waals surface area contributed by atoms with Gasteiger partial charge >= 0.3 is 5.97 Å². The Morgan fingerprint density at radius 3 is 2.00 bits per heavy atom. The summed E-state index contributed by atoms with van der Waals surface area (Å²) < 4.78 is 0. The second kappa shape index (κ2) is 7.36. The molecule has 2 nitrogen and oxygen atoms in total. The number of carboxylic acid groups (broad SMARTS) is 1. The Labute approximate surface area is 136 Å². The normalized spacial score (nSPS) is 42.6. The fourth-order valence-corrected chi connectivity index (χ4v) is 5.96. The van der Waals surface area contributed by atoms with Gasteiger partial charge in [-0.3, -0.25) is 4.79 Å². The first-order valence-electron chi connectivity index (χ1n) is 9.90. The highest BCUT2D eigenvalue weighted by atomic mass is 16.4. The highest BCUT2D eigenvalue weighted by Gasteiger charge is 2.39. The van der Waals surface area contributed by atoms with Gasteiger partial charge in [-0.2, -0.15) is 0 Å². The van der Waals surface area contributed by atoms with Gasteiger partial charge in [-0.25, -0.2) is 0 Å². The van der Waals surface area contributed by atoms with E-state index in [1.807, 2.05) is 0 Å². The summed E-state index contributed by atoms with van der Waals surface area (Å²) in [6.45, 7) is 2.33. The first kappa shape index (κ1) is 16.3. The van der Waals surface area contributed by atoms with Crippen molar-refractivity contribution in [2.24, 2.45) is 35.5 Å². The maximum absolute atomic E-state index is 11.1. The van der Waals surface area contributed by atoms with Crippen molar-refractivity contribution in [3.63, 3.8) is 0 Å². The van der Waals surface area contributed by atoms with Gasteiger partial charge in [0, 0.05) is 0 Å². The Morgan fingerprint density at radius 1 is 0.818 bits per heavy atom. The summed E-state index contributed by atoms with van der Waals surface area (Å²) in [5.41, 5.74) is 0. The van der Waals surface area contributed by atoms with Gasteiger partial charge in [0.25, 0.3) is 0 Å². The summed E-state index contributed by atoms with van der Waals surface area (Å²) in [6, 6.07) is 0. The van der Waals surface area contributed by atoms with Crippen LogP contribution in [0, 0.1) is 35.5 Å². The molecule has 3 aliphatic rings. The van der Waals surface area contributed by atoms with Crippen molar-refractivity contribution < 1.29 is 9.90 Å². The zero-order valence-electron chi connectivity index (χ0n) is 14.3. The van der Waals surface area contributed by atoms with Crippen molar-refractivity contribution >= 4 is 5.97 Å². The first-order chi connectivity index (χ1) is 10.7. The molecule has 0 bridgehead atoms. The van der Waals surface area contributed by atoms with Crippen molar-refractivity contribution in [3.05, 3.63) is 0 Å². The van der Waals surface area contributed by atoms with Gasteiger partial charge in [-0.15, -0.1) is 0 Å². The highest BCUT2D eigenvalue weighted by Crippen LogP contribution is 2.49. The van der Waals surface area contributed by atoms with E-state index >= 15 is 0 Å². The maximum Gasteiger partial charge on any atom is 0.306 e. The molecule has 2 heteroatoms. The quantitative estimate of drug-likeness (QED) is 0.743. The van der Waals surface area contributed by atoms with Crippen LogP contribution in [0.15, 0.2) is 0 Å². The minimum Gasteiger partial charge on any atom is -0.481 e. The fourth-order valence-electron chi connectivity index (χ4n) is 5.96. The number of aliphatic carboxylic acids is 1. The van der Waals surface area contributed by atoms with Gasteiger partial charge in [-0.1, -0.05) is 26.2 Å². The molecule has 0 aromatic rings. The average Bonchev–Trinajstić information content (AvgIpc) is 2.55. The van der Waals surface area contributed by atoms with E-state index in [-0.39, 0.29) is 5.92 Å². The second-order valence-electron chi connectivity index (χ2n) is 8.51. The van der Waals surface area contributed by atoms with Crippen LogP contribution in [0.3, 0.4) is 0 Å². The minimum absolute atomic E-state index is 0.0444. The lowest BCUT2D eigenvalue weighted by molar-refractivity contribution is -0.143. The zero-order valence-corrected chi connectivity index (χ0v) is 14.3. The number of fused-ring (bicyclic) bond motifs is 1. The maximum atomic E-state index is 11.1. The Hall–Kier alpha value is -0.530. The summed E-state index contributed by atoms with van der Waals surface area (Å²) in [5, 5.41) is 9.16. The van der Waals surface area contributed by atoms with Gasteiger partial charge in [-0.05, 0) is 87.4 Å². The molecule has 0 aromatic carbocycles. The fraction of sp³-hybridized carbons (Fsp3) is 0.950. The summed E-state index contributed by atoms with van der Waals surface area (Å²) in [4.78, 5) is 11.1. The van der Waals surface area contributed by atoms with Crippen LogP contribution in [-0.2, 0) is 4.79 Å². The van der Waals surface area contributed by atoms with E-state index < -0.39 is 5.97 Å². The molecule has 1 N–H and O–H groups in total. The van der Waals surface area contributed by atoms with Gasteiger partial charge in [0.2, 0.25) is 0 Å². The van der Waals surface area contributed by atoms with E-state index in [2.05, 4.69) is 6.92 Å².